The van der Waals surface area contributed by atoms with Gasteiger partial charge < -0.3 is 14.4 Å². The number of hydrogen-bond donors (Lipinski definition) is 0. The van der Waals surface area contributed by atoms with Gasteiger partial charge in [0.1, 0.15) is 11.5 Å². The zero-order valence-corrected chi connectivity index (χ0v) is 15.3. The summed E-state index contributed by atoms with van der Waals surface area (Å²) in [4.78, 5) is 2.21. The molecule has 0 aliphatic carbocycles. The quantitative estimate of drug-likeness (QED) is 0.695. The predicted octanol–water partition coefficient (Wildman–Crippen LogP) is 4.59. The summed E-state index contributed by atoms with van der Waals surface area (Å²) in [5.74, 6) is 1.76. The largest absolute Gasteiger partial charge is 0.497 e. The summed E-state index contributed by atoms with van der Waals surface area (Å²) in [6.45, 7) is 3.10. The molecular formula is C21H27NO2. The summed E-state index contributed by atoms with van der Waals surface area (Å²) in [5.41, 5.74) is 5.18. The van der Waals surface area contributed by atoms with Crippen molar-refractivity contribution in [2.24, 2.45) is 0 Å². The lowest BCUT2D eigenvalue weighted by Gasteiger charge is -2.19. The molecule has 3 nitrogen and oxygen atoms in total. The van der Waals surface area contributed by atoms with E-state index in [0.29, 0.717) is 0 Å². The molecule has 128 valence electrons. The Hall–Kier alpha value is -2.26. The van der Waals surface area contributed by atoms with Crippen molar-refractivity contribution in [3.63, 3.8) is 0 Å². The Kier molecular flexibility index (Phi) is 6.44. The molecular weight excluding hydrogens is 298 g/mol. The van der Waals surface area contributed by atoms with Crippen molar-refractivity contribution in [1.29, 1.82) is 0 Å². The number of hydrogen-bond acceptors (Lipinski definition) is 3. The van der Waals surface area contributed by atoms with Crippen LogP contribution < -0.4 is 9.47 Å². The van der Waals surface area contributed by atoms with Crippen molar-refractivity contribution in [1.82, 2.24) is 4.90 Å². The van der Waals surface area contributed by atoms with E-state index in [9.17, 15) is 0 Å². The summed E-state index contributed by atoms with van der Waals surface area (Å²) < 4.78 is 10.6. The maximum Gasteiger partial charge on any atom is 0.118 e. The van der Waals surface area contributed by atoms with Crippen LogP contribution in [0.15, 0.2) is 48.5 Å². The molecule has 2 rings (SSSR count). The van der Waals surface area contributed by atoms with E-state index in [1.165, 1.54) is 22.3 Å². The van der Waals surface area contributed by atoms with Gasteiger partial charge in [-0.2, -0.15) is 0 Å². The maximum atomic E-state index is 5.29. The van der Waals surface area contributed by atoms with Crippen LogP contribution in [0.25, 0.3) is 11.1 Å². The van der Waals surface area contributed by atoms with Gasteiger partial charge >= 0.3 is 0 Å². The Morgan fingerprint density at radius 2 is 1.17 bits per heavy atom. The molecule has 0 bridgehead atoms. The number of rotatable bonds is 7. The van der Waals surface area contributed by atoms with Crippen LogP contribution in [0.1, 0.15) is 24.5 Å². The molecule has 0 N–H and O–H groups in total. The van der Waals surface area contributed by atoms with Crippen molar-refractivity contribution in [3.05, 3.63) is 59.7 Å². The number of benzene rings is 2. The van der Waals surface area contributed by atoms with Crippen LogP contribution in [-0.2, 0) is 0 Å². The van der Waals surface area contributed by atoms with Crippen LogP contribution in [0.5, 0.6) is 11.5 Å². The Morgan fingerprint density at radius 3 is 1.50 bits per heavy atom. The highest BCUT2D eigenvalue weighted by Gasteiger charge is 2.12. The van der Waals surface area contributed by atoms with Gasteiger partial charge in [-0.05, 0) is 67.1 Å². The normalized spacial score (nSPS) is 12.1. The Bertz CT molecular complexity index is 670. The topological polar surface area (TPSA) is 21.7 Å². The van der Waals surface area contributed by atoms with Crippen molar-refractivity contribution >= 4 is 11.1 Å². The molecule has 3 heteroatoms. The van der Waals surface area contributed by atoms with Gasteiger partial charge in [0.15, 0.2) is 0 Å². The molecule has 2 aromatic rings. The van der Waals surface area contributed by atoms with E-state index in [2.05, 4.69) is 50.2 Å². The first kappa shape index (κ1) is 18.1. The van der Waals surface area contributed by atoms with E-state index in [1.807, 2.05) is 24.3 Å². The van der Waals surface area contributed by atoms with E-state index in [1.54, 1.807) is 14.2 Å². The molecule has 0 atom stereocenters. The van der Waals surface area contributed by atoms with Crippen LogP contribution in [-0.4, -0.2) is 39.8 Å². The summed E-state index contributed by atoms with van der Waals surface area (Å²) in [6, 6.07) is 16.6. The van der Waals surface area contributed by atoms with Gasteiger partial charge in [-0.1, -0.05) is 31.2 Å². The molecule has 0 radical (unpaired) electrons. The van der Waals surface area contributed by atoms with Crippen molar-refractivity contribution in [3.8, 4) is 11.5 Å². The fourth-order valence-corrected chi connectivity index (χ4v) is 2.85. The Labute approximate surface area is 145 Å². The second-order valence-electron chi connectivity index (χ2n) is 6.01. The zero-order valence-electron chi connectivity index (χ0n) is 15.3. The first-order valence-corrected chi connectivity index (χ1v) is 8.24. The fraction of sp³-hybridized carbons (Fsp3) is 0.333. The number of likely N-dealkylation sites (N-methyl/N-ethyl adjacent to an activating group) is 1. The van der Waals surface area contributed by atoms with Crippen LogP contribution in [0.3, 0.4) is 0 Å². The van der Waals surface area contributed by atoms with Crippen LogP contribution in [0.4, 0.5) is 0 Å². The van der Waals surface area contributed by atoms with Gasteiger partial charge in [0.25, 0.3) is 0 Å². The Morgan fingerprint density at radius 1 is 0.750 bits per heavy atom. The molecule has 0 heterocycles. The Balaban J connectivity index is 2.52. The van der Waals surface area contributed by atoms with Gasteiger partial charge in [-0.3, -0.25) is 0 Å². The van der Waals surface area contributed by atoms with E-state index < -0.39 is 0 Å². The third kappa shape index (κ3) is 4.39. The van der Waals surface area contributed by atoms with E-state index in [-0.39, 0.29) is 0 Å². The number of nitrogens with zero attached hydrogens (tertiary/aromatic N) is 1. The summed E-state index contributed by atoms with van der Waals surface area (Å²) >= 11 is 0. The van der Waals surface area contributed by atoms with E-state index >= 15 is 0 Å². The lowest BCUT2D eigenvalue weighted by atomic mass is 9.92. The third-order valence-electron chi connectivity index (χ3n) is 4.07. The molecule has 0 amide bonds. The smallest absolute Gasteiger partial charge is 0.118 e. The third-order valence-corrected chi connectivity index (χ3v) is 4.07. The molecule has 0 unspecified atom stereocenters. The average molecular weight is 325 g/mol. The summed E-state index contributed by atoms with van der Waals surface area (Å²) in [6.07, 6.45) is 0.974. The van der Waals surface area contributed by atoms with Crippen molar-refractivity contribution < 1.29 is 9.47 Å². The maximum absolute atomic E-state index is 5.29. The number of methoxy groups -OCH3 is 2. The van der Waals surface area contributed by atoms with E-state index in [4.69, 9.17) is 9.47 Å². The van der Waals surface area contributed by atoms with Gasteiger partial charge in [0.05, 0.1) is 14.2 Å². The lowest BCUT2D eigenvalue weighted by Crippen LogP contribution is -2.15. The SMILES string of the molecule is CC/C(=C(\CN(C)C)c1ccc(OC)cc1)c1ccc(OC)cc1. The monoisotopic (exact) mass is 325 g/mol. The van der Waals surface area contributed by atoms with Gasteiger partial charge in [-0.25, -0.2) is 0 Å². The first-order valence-electron chi connectivity index (χ1n) is 8.24. The van der Waals surface area contributed by atoms with Crippen LogP contribution >= 0.6 is 0 Å². The lowest BCUT2D eigenvalue weighted by molar-refractivity contribution is 0.414. The molecule has 0 aliphatic heterocycles. The summed E-state index contributed by atoms with van der Waals surface area (Å²) in [7, 11) is 7.59. The van der Waals surface area contributed by atoms with Gasteiger partial charge in [-0.15, -0.1) is 0 Å². The minimum atomic E-state index is 0.880. The van der Waals surface area contributed by atoms with Gasteiger partial charge in [0, 0.05) is 6.54 Å². The fourth-order valence-electron chi connectivity index (χ4n) is 2.85. The van der Waals surface area contributed by atoms with Crippen molar-refractivity contribution in [2.75, 3.05) is 34.9 Å². The molecule has 0 saturated heterocycles. The molecule has 24 heavy (non-hydrogen) atoms. The highest BCUT2D eigenvalue weighted by Crippen LogP contribution is 2.31. The van der Waals surface area contributed by atoms with Crippen LogP contribution in [0.2, 0.25) is 0 Å². The molecule has 0 fully saturated rings. The molecule has 0 spiro atoms. The predicted molar refractivity (Wildman–Crippen MR) is 102 cm³/mol. The molecule has 2 aromatic carbocycles. The molecule has 0 aliphatic rings. The second kappa shape index (κ2) is 8.55. The zero-order chi connectivity index (χ0) is 17.5. The highest BCUT2D eigenvalue weighted by molar-refractivity contribution is 5.91. The number of ether oxygens (including phenoxy) is 2. The molecule has 0 aromatic heterocycles. The minimum absolute atomic E-state index is 0.880. The number of allylic oxidation sites excluding steroid dienone is 1. The van der Waals surface area contributed by atoms with E-state index in [0.717, 1.165) is 24.5 Å². The first-order chi connectivity index (χ1) is 11.6. The average Bonchev–Trinajstić information content (AvgIpc) is 2.62. The standard InChI is InChI=1S/C21H27NO2/c1-6-20(16-7-11-18(23-4)12-8-16)21(15-22(2)3)17-9-13-19(24-5)14-10-17/h7-14H,6,15H2,1-5H3/b21-20-. The summed E-state index contributed by atoms with van der Waals surface area (Å²) in [5, 5.41) is 0. The van der Waals surface area contributed by atoms with Crippen LogP contribution in [0, 0.1) is 0 Å². The van der Waals surface area contributed by atoms with Crippen molar-refractivity contribution in [2.45, 2.75) is 13.3 Å². The van der Waals surface area contributed by atoms with Gasteiger partial charge in [0.2, 0.25) is 0 Å². The molecule has 0 saturated carbocycles. The second-order valence-corrected chi connectivity index (χ2v) is 6.01. The highest BCUT2D eigenvalue weighted by atomic mass is 16.5. The minimum Gasteiger partial charge on any atom is -0.497 e.